The highest BCUT2D eigenvalue weighted by atomic mass is 35.5. The molecule has 0 aliphatic carbocycles. The van der Waals surface area contributed by atoms with Crippen molar-refractivity contribution in [1.82, 2.24) is 0 Å². The van der Waals surface area contributed by atoms with Crippen molar-refractivity contribution in [2.75, 3.05) is 18.0 Å². The first-order valence-corrected chi connectivity index (χ1v) is 8.75. The van der Waals surface area contributed by atoms with Crippen molar-refractivity contribution >= 4 is 33.1 Å². The number of fused-ring (bicyclic) bond motifs is 1. The van der Waals surface area contributed by atoms with Crippen LogP contribution in [-0.2, 0) is 10.0 Å². The van der Waals surface area contributed by atoms with Gasteiger partial charge in [0.1, 0.15) is 10.6 Å². The van der Waals surface area contributed by atoms with Crippen LogP contribution in [-0.4, -0.2) is 27.9 Å². The Labute approximate surface area is 139 Å². The van der Waals surface area contributed by atoms with E-state index in [2.05, 4.69) is 0 Å². The predicted molar refractivity (Wildman–Crippen MR) is 87.9 cm³/mol. The van der Waals surface area contributed by atoms with E-state index in [1.165, 1.54) is 23.5 Å². The third-order valence-corrected chi connectivity index (χ3v) is 5.78. The van der Waals surface area contributed by atoms with Crippen LogP contribution in [0.3, 0.4) is 0 Å². The minimum atomic E-state index is -3.89. The molecule has 1 aliphatic rings. The highest BCUT2D eigenvalue weighted by Gasteiger charge is 2.34. The molecule has 0 fully saturated rings. The molecule has 0 spiro atoms. The number of para-hydroxylation sites is 1. The molecule has 0 atom stereocenters. The summed E-state index contributed by atoms with van der Waals surface area (Å²) in [5.74, 6) is 0.147. The van der Waals surface area contributed by atoms with E-state index in [0.717, 1.165) is 0 Å². The summed E-state index contributed by atoms with van der Waals surface area (Å²) in [6.45, 7) is 0.0911. The fourth-order valence-electron chi connectivity index (χ4n) is 2.61. The number of Topliss-reactive ketones (excluding diaryl/α,β-unsaturated/α-hetero) is 1. The average Bonchev–Trinajstić information content (AvgIpc) is 2.55. The Morgan fingerprint density at radius 2 is 1.91 bits per heavy atom. The maximum atomic E-state index is 13.1. The monoisotopic (exact) mass is 351 g/mol. The van der Waals surface area contributed by atoms with Gasteiger partial charge in [0.25, 0.3) is 10.0 Å². The maximum absolute atomic E-state index is 13.1. The van der Waals surface area contributed by atoms with Gasteiger partial charge in [0.15, 0.2) is 5.78 Å². The van der Waals surface area contributed by atoms with Crippen LogP contribution in [0.5, 0.6) is 5.75 Å². The Morgan fingerprint density at radius 3 is 2.65 bits per heavy atom. The molecule has 0 unspecified atom stereocenters. The van der Waals surface area contributed by atoms with E-state index in [0.29, 0.717) is 16.3 Å². The highest BCUT2D eigenvalue weighted by molar-refractivity contribution is 7.93. The maximum Gasteiger partial charge on any atom is 0.268 e. The molecule has 0 bridgehead atoms. The van der Waals surface area contributed by atoms with Crippen LogP contribution in [0.2, 0.25) is 5.02 Å². The number of rotatable bonds is 3. The molecule has 23 heavy (non-hydrogen) atoms. The fraction of sp³-hybridized carbons (Fsp3) is 0.188. The number of hydrogen-bond donors (Lipinski definition) is 0. The summed E-state index contributed by atoms with van der Waals surface area (Å²) in [5, 5.41) is 0.297. The number of ketones is 1. The van der Waals surface area contributed by atoms with Gasteiger partial charge < -0.3 is 4.74 Å². The van der Waals surface area contributed by atoms with Crippen LogP contribution in [0.1, 0.15) is 16.8 Å². The second-order valence-electron chi connectivity index (χ2n) is 5.06. The average molecular weight is 352 g/mol. The van der Waals surface area contributed by atoms with Crippen LogP contribution in [0, 0.1) is 0 Å². The molecular formula is C16H14ClNO4S. The van der Waals surface area contributed by atoms with Crippen LogP contribution in [0.25, 0.3) is 0 Å². The molecule has 0 radical (unpaired) electrons. The van der Waals surface area contributed by atoms with Crippen molar-refractivity contribution in [1.29, 1.82) is 0 Å². The standard InChI is InChI=1S/C16H14ClNO4S/c1-22-15-7-6-11(17)10-16(15)23(20,21)18-9-8-14(19)12-4-2-3-5-13(12)18/h2-7,10H,8-9H2,1H3. The van der Waals surface area contributed by atoms with Crippen LogP contribution in [0.4, 0.5) is 5.69 Å². The zero-order chi connectivity index (χ0) is 16.6. The fourth-order valence-corrected chi connectivity index (χ4v) is 4.51. The van der Waals surface area contributed by atoms with Crippen molar-refractivity contribution in [2.24, 2.45) is 0 Å². The van der Waals surface area contributed by atoms with E-state index in [1.807, 2.05) is 0 Å². The second kappa shape index (κ2) is 5.86. The Hall–Kier alpha value is -2.05. The number of anilines is 1. The molecule has 2 aromatic carbocycles. The SMILES string of the molecule is COc1ccc(Cl)cc1S(=O)(=O)N1CCC(=O)c2ccccc21. The molecule has 0 aromatic heterocycles. The Morgan fingerprint density at radius 1 is 1.17 bits per heavy atom. The summed E-state index contributed by atoms with van der Waals surface area (Å²) in [6.07, 6.45) is 0.138. The molecule has 1 heterocycles. The third kappa shape index (κ3) is 2.68. The van der Waals surface area contributed by atoms with E-state index in [9.17, 15) is 13.2 Å². The molecule has 0 saturated carbocycles. The number of nitrogens with zero attached hydrogens (tertiary/aromatic N) is 1. The van der Waals surface area contributed by atoms with Gasteiger partial charge in [-0.05, 0) is 30.3 Å². The van der Waals surface area contributed by atoms with Gasteiger partial charge in [0, 0.05) is 23.6 Å². The molecular weight excluding hydrogens is 338 g/mol. The van der Waals surface area contributed by atoms with Crippen molar-refractivity contribution in [3.63, 3.8) is 0 Å². The van der Waals surface area contributed by atoms with E-state index in [-0.39, 0.29) is 29.4 Å². The molecule has 120 valence electrons. The van der Waals surface area contributed by atoms with Crippen molar-refractivity contribution < 1.29 is 17.9 Å². The van der Waals surface area contributed by atoms with Gasteiger partial charge in [0.2, 0.25) is 0 Å². The number of hydrogen-bond acceptors (Lipinski definition) is 4. The van der Waals surface area contributed by atoms with E-state index < -0.39 is 10.0 Å². The first-order valence-electron chi connectivity index (χ1n) is 6.93. The summed E-state index contributed by atoms with van der Waals surface area (Å²) in [5.41, 5.74) is 0.786. The summed E-state index contributed by atoms with van der Waals surface area (Å²) in [6, 6.07) is 11.1. The summed E-state index contributed by atoms with van der Waals surface area (Å²) < 4.78 is 32.5. The molecule has 2 aromatic rings. The molecule has 5 nitrogen and oxygen atoms in total. The number of sulfonamides is 1. The Bertz CT molecular complexity index is 879. The highest BCUT2D eigenvalue weighted by Crippen LogP contribution is 2.35. The van der Waals surface area contributed by atoms with Gasteiger partial charge in [-0.1, -0.05) is 23.7 Å². The smallest absolute Gasteiger partial charge is 0.268 e. The molecule has 0 N–H and O–H groups in total. The number of carbonyl (C=O) groups excluding carboxylic acids is 1. The number of halogens is 1. The minimum Gasteiger partial charge on any atom is -0.495 e. The summed E-state index contributed by atoms with van der Waals surface area (Å²) >= 11 is 5.95. The van der Waals surface area contributed by atoms with E-state index in [4.69, 9.17) is 16.3 Å². The Balaban J connectivity index is 2.17. The Kier molecular flexibility index (Phi) is 4.04. The quantitative estimate of drug-likeness (QED) is 0.852. The molecule has 0 saturated heterocycles. The van der Waals surface area contributed by atoms with E-state index in [1.54, 1.807) is 30.3 Å². The first kappa shape index (κ1) is 15.8. The third-order valence-electron chi connectivity index (χ3n) is 3.71. The van der Waals surface area contributed by atoms with E-state index >= 15 is 0 Å². The number of ether oxygens (including phenoxy) is 1. The zero-order valence-electron chi connectivity index (χ0n) is 12.3. The predicted octanol–water partition coefficient (Wildman–Crippen LogP) is 3.13. The normalized spacial score (nSPS) is 14.5. The molecule has 1 aliphatic heterocycles. The number of methoxy groups -OCH3 is 1. The largest absolute Gasteiger partial charge is 0.495 e. The second-order valence-corrected chi connectivity index (χ2v) is 7.33. The number of carbonyl (C=O) groups is 1. The lowest BCUT2D eigenvalue weighted by atomic mass is 10.0. The number of benzene rings is 2. The lowest BCUT2D eigenvalue weighted by Crippen LogP contribution is -2.37. The van der Waals surface area contributed by atoms with Crippen LogP contribution < -0.4 is 9.04 Å². The van der Waals surface area contributed by atoms with Gasteiger partial charge in [-0.25, -0.2) is 8.42 Å². The molecule has 7 heteroatoms. The van der Waals surface area contributed by atoms with Gasteiger partial charge >= 0.3 is 0 Å². The van der Waals surface area contributed by atoms with Gasteiger partial charge in [-0.15, -0.1) is 0 Å². The topological polar surface area (TPSA) is 63.7 Å². The van der Waals surface area contributed by atoms with Crippen molar-refractivity contribution in [3.8, 4) is 5.75 Å². The molecule has 0 amide bonds. The summed E-state index contributed by atoms with van der Waals surface area (Å²) in [4.78, 5) is 12.0. The van der Waals surface area contributed by atoms with Crippen molar-refractivity contribution in [2.45, 2.75) is 11.3 Å². The lowest BCUT2D eigenvalue weighted by molar-refractivity contribution is 0.0982. The van der Waals surface area contributed by atoms with Crippen LogP contribution >= 0.6 is 11.6 Å². The zero-order valence-corrected chi connectivity index (χ0v) is 13.9. The van der Waals surface area contributed by atoms with Gasteiger partial charge in [-0.2, -0.15) is 0 Å². The van der Waals surface area contributed by atoms with Gasteiger partial charge in [-0.3, -0.25) is 9.10 Å². The summed E-state index contributed by atoms with van der Waals surface area (Å²) in [7, 11) is -2.49. The lowest BCUT2D eigenvalue weighted by Gasteiger charge is -2.30. The van der Waals surface area contributed by atoms with Gasteiger partial charge in [0.05, 0.1) is 12.8 Å². The first-order chi connectivity index (χ1) is 10.9. The minimum absolute atomic E-state index is 0.0170. The van der Waals surface area contributed by atoms with Crippen LogP contribution in [0.15, 0.2) is 47.4 Å². The molecule has 3 rings (SSSR count). The van der Waals surface area contributed by atoms with Crippen molar-refractivity contribution in [3.05, 3.63) is 53.1 Å².